The summed E-state index contributed by atoms with van der Waals surface area (Å²) in [6.07, 6.45) is 3.99. The first-order chi connectivity index (χ1) is 9.41. The molecule has 3 unspecified atom stereocenters. The second-order valence-corrected chi connectivity index (χ2v) is 7.30. The van der Waals surface area contributed by atoms with Crippen molar-refractivity contribution in [3.63, 3.8) is 0 Å². The summed E-state index contributed by atoms with van der Waals surface area (Å²) in [5.74, 6) is 2.57. The maximum Gasteiger partial charge on any atom is 0.0328 e. The molecule has 1 saturated carbocycles. The summed E-state index contributed by atoms with van der Waals surface area (Å²) < 4.78 is 0. The molecule has 2 rings (SSSR count). The maximum absolute atomic E-state index is 6.66. The van der Waals surface area contributed by atoms with Gasteiger partial charge >= 0.3 is 0 Å². The van der Waals surface area contributed by atoms with E-state index in [4.69, 9.17) is 5.73 Å². The monoisotopic (exact) mass is 273 g/mol. The minimum absolute atomic E-state index is 0.214. The largest absolute Gasteiger partial charge is 0.324 e. The van der Waals surface area contributed by atoms with Gasteiger partial charge in [0, 0.05) is 6.04 Å². The molecule has 1 fully saturated rings. The van der Waals surface area contributed by atoms with E-state index in [2.05, 4.69) is 52.8 Å². The van der Waals surface area contributed by atoms with Gasteiger partial charge in [0.25, 0.3) is 0 Å². The summed E-state index contributed by atoms with van der Waals surface area (Å²) in [5, 5.41) is 0. The van der Waals surface area contributed by atoms with Crippen molar-refractivity contribution in [1.82, 2.24) is 0 Å². The van der Waals surface area contributed by atoms with Crippen LogP contribution < -0.4 is 5.73 Å². The molecule has 112 valence electrons. The molecule has 1 aromatic carbocycles. The van der Waals surface area contributed by atoms with Crippen molar-refractivity contribution < 1.29 is 0 Å². The predicted molar refractivity (Wildman–Crippen MR) is 88.1 cm³/mol. The fraction of sp³-hybridized carbons (Fsp3) is 0.684. The van der Waals surface area contributed by atoms with E-state index >= 15 is 0 Å². The van der Waals surface area contributed by atoms with Crippen LogP contribution in [0.4, 0.5) is 0 Å². The van der Waals surface area contributed by atoms with Crippen molar-refractivity contribution >= 4 is 0 Å². The van der Waals surface area contributed by atoms with Crippen molar-refractivity contribution in [2.75, 3.05) is 0 Å². The zero-order valence-electron chi connectivity index (χ0n) is 13.8. The van der Waals surface area contributed by atoms with Crippen LogP contribution >= 0.6 is 0 Å². The highest BCUT2D eigenvalue weighted by atomic mass is 14.7. The molecule has 0 aromatic heterocycles. The quantitative estimate of drug-likeness (QED) is 0.784. The summed E-state index contributed by atoms with van der Waals surface area (Å²) in [6, 6.07) is 7.20. The number of hydrogen-bond acceptors (Lipinski definition) is 1. The number of nitrogens with two attached hydrogens (primary N) is 1. The Morgan fingerprint density at radius 2 is 1.70 bits per heavy atom. The highest BCUT2D eigenvalue weighted by molar-refractivity contribution is 5.38. The van der Waals surface area contributed by atoms with E-state index in [1.807, 2.05) is 0 Å². The van der Waals surface area contributed by atoms with Crippen LogP contribution in [0.5, 0.6) is 0 Å². The highest BCUT2D eigenvalue weighted by Gasteiger charge is 2.31. The second-order valence-electron chi connectivity index (χ2n) is 7.30. The van der Waals surface area contributed by atoms with Crippen LogP contribution in [0.3, 0.4) is 0 Å². The van der Waals surface area contributed by atoms with Gasteiger partial charge in [-0.15, -0.1) is 0 Å². The Bertz CT molecular complexity index is 447. The normalized spacial score (nSPS) is 24.6. The molecular weight excluding hydrogens is 242 g/mol. The lowest BCUT2D eigenvalue weighted by Gasteiger charge is -2.27. The Kier molecular flexibility index (Phi) is 4.90. The van der Waals surface area contributed by atoms with E-state index in [9.17, 15) is 0 Å². The molecule has 1 nitrogen and oxygen atoms in total. The molecule has 0 saturated heterocycles. The fourth-order valence-corrected chi connectivity index (χ4v) is 3.69. The third-order valence-electron chi connectivity index (χ3n) is 5.15. The van der Waals surface area contributed by atoms with Gasteiger partial charge in [0.2, 0.25) is 0 Å². The summed E-state index contributed by atoms with van der Waals surface area (Å²) in [5.41, 5.74) is 10.9. The molecule has 1 aliphatic rings. The third-order valence-corrected chi connectivity index (χ3v) is 5.15. The number of benzene rings is 1. The average molecular weight is 273 g/mol. The molecule has 1 aromatic rings. The van der Waals surface area contributed by atoms with E-state index in [-0.39, 0.29) is 6.04 Å². The van der Waals surface area contributed by atoms with E-state index < -0.39 is 0 Å². The van der Waals surface area contributed by atoms with Crippen molar-refractivity contribution in [2.45, 2.75) is 71.8 Å². The molecular formula is C19H31N. The van der Waals surface area contributed by atoms with Gasteiger partial charge in [-0.3, -0.25) is 0 Å². The highest BCUT2D eigenvalue weighted by Crippen LogP contribution is 2.41. The summed E-state index contributed by atoms with van der Waals surface area (Å²) in [7, 11) is 0. The van der Waals surface area contributed by atoms with Crippen molar-refractivity contribution in [1.29, 1.82) is 0 Å². The molecule has 1 heteroatoms. The Morgan fingerprint density at radius 1 is 1.00 bits per heavy atom. The van der Waals surface area contributed by atoms with Gasteiger partial charge in [-0.1, -0.05) is 65.7 Å². The first-order valence-corrected chi connectivity index (χ1v) is 8.31. The molecule has 0 amide bonds. The van der Waals surface area contributed by atoms with Crippen molar-refractivity contribution in [2.24, 2.45) is 17.6 Å². The molecule has 3 atom stereocenters. The van der Waals surface area contributed by atoms with Crippen LogP contribution in [-0.2, 0) is 0 Å². The molecule has 1 aliphatic carbocycles. The van der Waals surface area contributed by atoms with Gasteiger partial charge in [0.05, 0.1) is 0 Å². The second kappa shape index (κ2) is 6.30. The summed E-state index contributed by atoms with van der Waals surface area (Å²) >= 11 is 0. The van der Waals surface area contributed by atoms with Crippen molar-refractivity contribution in [3.8, 4) is 0 Å². The minimum atomic E-state index is 0.214. The molecule has 0 aliphatic heterocycles. The van der Waals surface area contributed by atoms with Crippen LogP contribution in [0.25, 0.3) is 0 Å². The third kappa shape index (κ3) is 3.09. The molecule has 0 bridgehead atoms. The lowest BCUT2D eigenvalue weighted by molar-refractivity contribution is 0.349. The van der Waals surface area contributed by atoms with Gasteiger partial charge < -0.3 is 5.73 Å². The van der Waals surface area contributed by atoms with Crippen LogP contribution in [0, 0.1) is 11.8 Å². The van der Waals surface area contributed by atoms with Gasteiger partial charge in [0.1, 0.15) is 0 Å². The smallest absolute Gasteiger partial charge is 0.0328 e. The predicted octanol–water partition coefficient (Wildman–Crippen LogP) is 5.37. The van der Waals surface area contributed by atoms with Gasteiger partial charge in [-0.2, -0.15) is 0 Å². The van der Waals surface area contributed by atoms with Gasteiger partial charge in [-0.25, -0.2) is 0 Å². The van der Waals surface area contributed by atoms with Gasteiger partial charge in [-0.05, 0) is 46.8 Å². The van der Waals surface area contributed by atoms with Crippen LogP contribution in [-0.4, -0.2) is 0 Å². The van der Waals surface area contributed by atoms with E-state index in [0.717, 1.165) is 5.92 Å². The molecule has 0 radical (unpaired) electrons. The molecule has 20 heavy (non-hydrogen) atoms. The number of rotatable bonds is 4. The molecule has 0 heterocycles. The Hall–Kier alpha value is -0.820. The van der Waals surface area contributed by atoms with Crippen molar-refractivity contribution in [3.05, 3.63) is 34.9 Å². The number of hydrogen-bond donors (Lipinski definition) is 1. The standard InChI is InChI=1S/C19H31N/c1-12(2)15-9-10-17(18(11-15)13(3)4)19(20)16-8-6-7-14(16)5/h9-14,16,19H,6-8,20H2,1-5H3. The maximum atomic E-state index is 6.66. The topological polar surface area (TPSA) is 26.0 Å². The summed E-state index contributed by atoms with van der Waals surface area (Å²) in [4.78, 5) is 0. The SMILES string of the molecule is CC(C)c1ccc(C(N)C2CCCC2C)c(C(C)C)c1. The van der Waals surface area contributed by atoms with Crippen LogP contribution in [0.2, 0.25) is 0 Å². The van der Waals surface area contributed by atoms with Crippen LogP contribution in [0.1, 0.15) is 88.4 Å². The lowest BCUT2D eigenvalue weighted by Crippen LogP contribution is -2.24. The molecule has 2 N–H and O–H groups in total. The van der Waals surface area contributed by atoms with Crippen LogP contribution in [0.15, 0.2) is 18.2 Å². The van der Waals surface area contributed by atoms with E-state index in [0.29, 0.717) is 17.8 Å². The first kappa shape index (κ1) is 15.6. The first-order valence-electron chi connectivity index (χ1n) is 8.31. The average Bonchev–Trinajstić information content (AvgIpc) is 2.83. The zero-order valence-corrected chi connectivity index (χ0v) is 13.8. The minimum Gasteiger partial charge on any atom is -0.324 e. The zero-order chi connectivity index (χ0) is 14.9. The lowest BCUT2D eigenvalue weighted by atomic mass is 9.81. The Morgan fingerprint density at radius 3 is 2.20 bits per heavy atom. The fourth-order valence-electron chi connectivity index (χ4n) is 3.69. The Balaban J connectivity index is 2.35. The van der Waals surface area contributed by atoms with E-state index in [1.54, 1.807) is 0 Å². The molecule has 0 spiro atoms. The van der Waals surface area contributed by atoms with E-state index in [1.165, 1.54) is 36.0 Å². The van der Waals surface area contributed by atoms with Gasteiger partial charge in [0.15, 0.2) is 0 Å². The Labute approximate surface area is 125 Å². The summed E-state index contributed by atoms with van der Waals surface area (Å²) in [6.45, 7) is 11.5.